The van der Waals surface area contributed by atoms with E-state index in [0.29, 0.717) is 17.4 Å². The lowest BCUT2D eigenvalue weighted by atomic mass is 9.81. The first kappa shape index (κ1) is 14.0. The quantitative estimate of drug-likeness (QED) is 0.797. The number of anilines is 1. The summed E-state index contributed by atoms with van der Waals surface area (Å²) in [5, 5.41) is 9.33. The highest BCUT2D eigenvalue weighted by atomic mass is 16.5. The van der Waals surface area contributed by atoms with Crippen LogP contribution in [-0.2, 0) is 4.74 Å². The molecule has 3 atom stereocenters. The average Bonchev–Trinajstić information content (AvgIpc) is 3.05. The number of morpholine rings is 1. The molecule has 2 bridgehead atoms. The molecule has 0 N–H and O–H groups in total. The Kier molecular flexibility index (Phi) is 2.96. The van der Waals surface area contributed by atoms with Crippen LogP contribution in [-0.4, -0.2) is 34.3 Å². The van der Waals surface area contributed by atoms with E-state index in [-0.39, 0.29) is 11.2 Å². The third-order valence-corrected chi connectivity index (χ3v) is 5.51. The Morgan fingerprint density at radius 1 is 1.27 bits per heavy atom. The molecule has 116 valence electrons. The van der Waals surface area contributed by atoms with Crippen LogP contribution in [0.2, 0.25) is 0 Å². The van der Waals surface area contributed by atoms with Crippen molar-refractivity contribution in [3.63, 3.8) is 0 Å². The van der Waals surface area contributed by atoms with Crippen molar-refractivity contribution in [1.82, 2.24) is 9.97 Å². The first-order chi connectivity index (χ1) is 10.5. The zero-order valence-electron chi connectivity index (χ0n) is 13.2. The Balaban J connectivity index is 1.70. The lowest BCUT2D eigenvalue weighted by Crippen LogP contribution is -2.62. The molecule has 0 amide bonds. The summed E-state index contributed by atoms with van der Waals surface area (Å²) >= 11 is 0. The molecule has 1 aromatic heterocycles. The van der Waals surface area contributed by atoms with Gasteiger partial charge in [0.2, 0.25) is 0 Å². The van der Waals surface area contributed by atoms with E-state index in [9.17, 15) is 5.26 Å². The molecule has 2 heterocycles. The molecule has 22 heavy (non-hydrogen) atoms. The summed E-state index contributed by atoms with van der Waals surface area (Å²) in [6.07, 6.45) is 8.34. The van der Waals surface area contributed by atoms with Gasteiger partial charge in [-0.25, -0.2) is 9.97 Å². The second kappa shape index (κ2) is 4.66. The van der Waals surface area contributed by atoms with Gasteiger partial charge in [-0.1, -0.05) is 0 Å². The van der Waals surface area contributed by atoms with Gasteiger partial charge in [0.15, 0.2) is 11.5 Å². The Bertz CT molecular complexity index is 638. The van der Waals surface area contributed by atoms with Gasteiger partial charge >= 0.3 is 0 Å². The number of hydrogen-bond acceptors (Lipinski definition) is 5. The summed E-state index contributed by atoms with van der Waals surface area (Å²) in [6.45, 7) is 5.88. The molecule has 5 heteroatoms. The highest BCUT2D eigenvalue weighted by molar-refractivity contribution is 5.50. The van der Waals surface area contributed by atoms with Crippen molar-refractivity contribution in [2.24, 2.45) is 11.8 Å². The molecule has 0 unspecified atom stereocenters. The first-order valence-electron chi connectivity index (χ1n) is 8.18. The molecule has 1 saturated heterocycles. The molecule has 0 radical (unpaired) electrons. The van der Waals surface area contributed by atoms with Gasteiger partial charge in [0.05, 0.1) is 11.2 Å². The monoisotopic (exact) mass is 298 g/mol. The number of nitrogens with zero attached hydrogens (tertiary/aromatic N) is 4. The molecule has 4 rings (SSSR count). The van der Waals surface area contributed by atoms with Gasteiger partial charge in [0.25, 0.3) is 0 Å². The zero-order chi connectivity index (χ0) is 15.4. The van der Waals surface area contributed by atoms with Gasteiger partial charge < -0.3 is 9.64 Å². The van der Waals surface area contributed by atoms with Crippen LogP contribution < -0.4 is 4.90 Å². The standard InChI is InChI=1S/C17H22N4O/c1-16(2)10-21(15-14(9-18)19-5-6-20-15)11-17(22-16)8-12-3-4-13(17)7-12/h5-6,12-13H,3-4,7-8,10-11H2,1-2H3/t12-,13+,17+/m1/s1. The molecular formula is C17H22N4O. The SMILES string of the molecule is CC1(C)CN(c2nccnc2C#N)C[C@]2(C[C@@H]3CC[C@H]2C3)O1. The number of fused-ring (bicyclic) bond motifs is 3. The fourth-order valence-corrected chi connectivity index (χ4v) is 4.96. The second-order valence-corrected chi connectivity index (χ2v) is 7.70. The summed E-state index contributed by atoms with van der Waals surface area (Å²) in [7, 11) is 0. The predicted octanol–water partition coefficient (Wildman–Crippen LogP) is 2.52. The summed E-state index contributed by atoms with van der Waals surface area (Å²) in [4.78, 5) is 10.8. The molecular weight excluding hydrogens is 276 g/mol. The molecule has 3 fully saturated rings. The molecule has 2 saturated carbocycles. The van der Waals surface area contributed by atoms with Crippen molar-refractivity contribution in [2.45, 2.75) is 50.7 Å². The lowest BCUT2D eigenvalue weighted by Gasteiger charge is -2.52. The number of hydrogen-bond donors (Lipinski definition) is 0. The molecule has 1 spiro atoms. The summed E-state index contributed by atoms with van der Waals surface area (Å²) in [5.41, 5.74) is 0.125. The van der Waals surface area contributed by atoms with Gasteiger partial charge in [-0.2, -0.15) is 5.26 Å². The lowest BCUT2D eigenvalue weighted by molar-refractivity contribution is -0.175. The van der Waals surface area contributed by atoms with Crippen LogP contribution in [0.25, 0.3) is 0 Å². The number of aromatic nitrogens is 2. The molecule has 2 aliphatic carbocycles. The number of ether oxygens (including phenoxy) is 1. The third kappa shape index (κ3) is 2.09. The van der Waals surface area contributed by atoms with E-state index in [0.717, 1.165) is 25.4 Å². The minimum atomic E-state index is -0.229. The normalized spacial score (nSPS) is 35.8. The van der Waals surface area contributed by atoms with E-state index in [1.54, 1.807) is 12.4 Å². The minimum absolute atomic E-state index is 0.0606. The summed E-state index contributed by atoms with van der Waals surface area (Å²) < 4.78 is 6.61. The molecule has 5 nitrogen and oxygen atoms in total. The highest BCUT2D eigenvalue weighted by Crippen LogP contribution is 2.55. The summed E-state index contributed by atoms with van der Waals surface area (Å²) in [5.74, 6) is 2.18. The van der Waals surface area contributed by atoms with E-state index in [4.69, 9.17) is 4.74 Å². The predicted molar refractivity (Wildman–Crippen MR) is 82.3 cm³/mol. The van der Waals surface area contributed by atoms with Gasteiger partial charge in [-0.3, -0.25) is 0 Å². The van der Waals surface area contributed by atoms with Crippen LogP contribution >= 0.6 is 0 Å². The molecule has 1 aromatic rings. The van der Waals surface area contributed by atoms with E-state index in [1.807, 2.05) is 0 Å². The smallest absolute Gasteiger partial charge is 0.183 e. The van der Waals surface area contributed by atoms with Gasteiger partial charge in [-0.05, 0) is 51.4 Å². The van der Waals surface area contributed by atoms with E-state index < -0.39 is 0 Å². The fourth-order valence-electron chi connectivity index (χ4n) is 4.96. The van der Waals surface area contributed by atoms with Crippen LogP contribution in [0.4, 0.5) is 5.82 Å². The maximum atomic E-state index is 9.33. The number of rotatable bonds is 1. The maximum absolute atomic E-state index is 9.33. The molecule has 1 aliphatic heterocycles. The van der Waals surface area contributed by atoms with Crippen LogP contribution in [0.1, 0.15) is 45.2 Å². The molecule has 3 aliphatic rings. The molecule has 0 aromatic carbocycles. The van der Waals surface area contributed by atoms with Crippen LogP contribution in [0.15, 0.2) is 12.4 Å². The van der Waals surface area contributed by atoms with E-state index in [2.05, 4.69) is 34.8 Å². The Morgan fingerprint density at radius 3 is 2.77 bits per heavy atom. The second-order valence-electron chi connectivity index (χ2n) is 7.70. The largest absolute Gasteiger partial charge is 0.365 e. The zero-order valence-corrected chi connectivity index (χ0v) is 13.2. The van der Waals surface area contributed by atoms with Crippen LogP contribution in [0, 0.1) is 23.2 Å². The topological polar surface area (TPSA) is 62.0 Å². The number of nitriles is 1. The Labute approximate surface area is 131 Å². The van der Waals surface area contributed by atoms with Crippen molar-refractivity contribution in [3.8, 4) is 6.07 Å². The Morgan fingerprint density at radius 2 is 2.09 bits per heavy atom. The van der Waals surface area contributed by atoms with Crippen molar-refractivity contribution in [1.29, 1.82) is 5.26 Å². The van der Waals surface area contributed by atoms with Gasteiger partial charge in [0, 0.05) is 25.5 Å². The third-order valence-electron chi connectivity index (χ3n) is 5.51. The average molecular weight is 298 g/mol. The van der Waals surface area contributed by atoms with Gasteiger partial charge in [-0.15, -0.1) is 0 Å². The van der Waals surface area contributed by atoms with Crippen LogP contribution in [0.5, 0.6) is 0 Å². The van der Waals surface area contributed by atoms with E-state index in [1.165, 1.54) is 19.3 Å². The van der Waals surface area contributed by atoms with E-state index >= 15 is 0 Å². The summed E-state index contributed by atoms with van der Waals surface area (Å²) in [6, 6.07) is 2.18. The fraction of sp³-hybridized carbons (Fsp3) is 0.706. The van der Waals surface area contributed by atoms with Crippen molar-refractivity contribution >= 4 is 5.82 Å². The van der Waals surface area contributed by atoms with Crippen molar-refractivity contribution < 1.29 is 4.74 Å². The highest BCUT2D eigenvalue weighted by Gasteiger charge is 2.57. The first-order valence-corrected chi connectivity index (χ1v) is 8.18. The van der Waals surface area contributed by atoms with Crippen molar-refractivity contribution in [3.05, 3.63) is 18.1 Å². The maximum Gasteiger partial charge on any atom is 0.183 e. The van der Waals surface area contributed by atoms with Gasteiger partial charge in [0.1, 0.15) is 6.07 Å². The van der Waals surface area contributed by atoms with Crippen molar-refractivity contribution in [2.75, 3.05) is 18.0 Å². The Hall–Kier alpha value is -1.67. The van der Waals surface area contributed by atoms with Crippen LogP contribution in [0.3, 0.4) is 0 Å². The minimum Gasteiger partial charge on any atom is -0.365 e.